The first-order valence-electron chi connectivity index (χ1n) is 27.3. The van der Waals surface area contributed by atoms with Crippen LogP contribution in [0.15, 0.2) is 60.8 Å². The molecule has 0 radical (unpaired) electrons. The summed E-state index contributed by atoms with van der Waals surface area (Å²) in [6, 6.07) is 0. The van der Waals surface area contributed by atoms with Gasteiger partial charge in [-0.1, -0.05) is 229 Å². The third kappa shape index (κ3) is 50.1. The van der Waals surface area contributed by atoms with Crippen LogP contribution < -0.4 is 0 Å². The van der Waals surface area contributed by atoms with Crippen molar-refractivity contribution in [1.82, 2.24) is 0 Å². The van der Waals surface area contributed by atoms with Crippen molar-refractivity contribution in [2.75, 3.05) is 13.2 Å². The topological polar surface area (TPSA) is 78.9 Å². The van der Waals surface area contributed by atoms with Crippen LogP contribution in [0.1, 0.15) is 271 Å². The second kappa shape index (κ2) is 52.7. The molecular weight excluding hydrogens is 793 g/mol. The Bertz CT molecular complexity index is 1170. The van der Waals surface area contributed by atoms with Crippen LogP contribution in [-0.2, 0) is 28.6 Å². The van der Waals surface area contributed by atoms with Gasteiger partial charge in [0, 0.05) is 19.3 Å². The molecule has 64 heavy (non-hydrogen) atoms. The predicted octanol–water partition coefficient (Wildman–Crippen LogP) is 18.0. The van der Waals surface area contributed by atoms with E-state index in [1.165, 1.54) is 122 Å². The van der Waals surface area contributed by atoms with Crippen molar-refractivity contribution in [3.63, 3.8) is 0 Å². The molecule has 0 aromatic heterocycles. The molecule has 1 unspecified atom stereocenters. The number of ether oxygens (including phenoxy) is 3. The zero-order chi connectivity index (χ0) is 46.5. The van der Waals surface area contributed by atoms with Crippen LogP contribution in [0.3, 0.4) is 0 Å². The molecule has 0 aromatic rings. The van der Waals surface area contributed by atoms with Crippen molar-refractivity contribution in [3.05, 3.63) is 60.8 Å². The standard InChI is InChI=1S/C58H102O6/c1-4-7-10-13-16-19-22-25-27-28-29-31-33-36-39-42-45-48-51-57(60)63-54-55(53-62-56(59)50-47-44-41-38-35-32-24-21-18-15-12-9-6-3)64-58(61)52-49-46-43-40-37-34-30-26-23-20-17-14-11-8-5-2/h9,12,17-18,20-21,26,30,32,35,55H,4-8,10-11,13-16,19,22-25,27-29,31,33-34,36-54H2,1-3H3/b12-9-,20-17-,21-18-,30-26-,35-32-. The van der Waals surface area contributed by atoms with Crippen LogP contribution >= 0.6 is 0 Å². The van der Waals surface area contributed by atoms with E-state index >= 15 is 0 Å². The lowest BCUT2D eigenvalue weighted by molar-refractivity contribution is -0.167. The van der Waals surface area contributed by atoms with Gasteiger partial charge in [0.15, 0.2) is 6.10 Å². The average Bonchev–Trinajstić information content (AvgIpc) is 3.29. The Kier molecular flexibility index (Phi) is 50.4. The summed E-state index contributed by atoms with van der Waals surface area (Å²) in [7, 11) is 0. The highest BCUT2D eigenvalue weighted by Gasteiger charge is 2.19. The highest BCUT2D eigenvalue weighted by molar-refractivity contribution is 5.71. The Balaban J connectivity index is 4.39. The Labute approximate surface area is 396 Å². The van der Waals surface area contributed by atoms with Gasteiger partial charge in [-0.15, -0.1) is 0 Å². The summed E-state index contributed by atoms with van der Waals surface area (Å²) < 4.78 is 16.8. The maximum absolute atomic E-state index is 12.8. The number of esters is 3. The minimum atomic E-state index is -0.791. The summed E-state index contributed by atoms with van der Waals surface area (Å²) >= 11 is 0. The van der Waals surface area contributed by atoms with Crippen LogP contribution in [0.2, 0.25) is 0 Å². The van der Waals surface area contributed by atoms with Gasteiger partial charge in [0.2, 0.25) is 0 Å². The summed E-state index contributed by atoms with van der Waals surface area (Å²) in [5.41, 5.74) is 0. The molecule has 0 saturated carbocycles. The third-order valence-corrected chi connectivity index (χ3v) is 11.8. The molecule has 0 amide bonds. The maximum atomic E-state index is 12.8. The highest BCUT2D eigenvalue weighted by atomic mass is 16.6. The lowest BCUT2D eigenvalue weighted by Crippen LogP contribution is -2.30. The normalized spacial score (nSPS) is 12.5. The van der Waals surface area contributed by atoms with Crippen molar-refractivity contribution < 1.29 is 28.6 Å². The molecule has 0 rings (SSSR count). The third-order valence-electron chi connectivity index (χ3n) is 11.8. The Hall–Kier alpha value is -2.89. The molecule has 6 heteroatoms. The van der Waals surface area contributed by atoms with Gasteiger partial charge in [-0.05, 0) is 83.5 Å². The molecule has 1 atom stereocenters. The van der Waals surface area contributed by atoms with Crippen LogP contribution in [0.4, 0.5) is 0 Å². The maximum Gasteiger partial charge on any atom is 0.306 e. The first kappa shape index (κ1) is 61.1. The van der Waals surface area contributed by atoms with E-state index in [0.717, 1.165) is 109 Å². The number of hydrogen-bond donors (Lipinski definition) is 0. The van der Waals surface area contributed by atoms with Crippen molar-refractivity contribution >= 4 is 17.9 Å². The van der Waals surface area contributed by atoms with Crippen LogP contribution in [0, 0.1) is 0 Å². The number of allylic oxidation sites excluding steroid dienone is 10. The van der Waals surface area contributed by atoms with Crippen LogP contribution in [0.5, 0.6) is 0 Å². The molecule has 0 aliphatic rings. The fourth-order valence-electron chi connectivity index (χ4n) is 7.66. The van der Waals surface area contributed by atoms with Gasteiger partial charge in [-0.2, -0.15) is 0 Å². The van der Waals surface area contributed by atoms with Crippen molar-refractivity contribution in [2.24, 2.45) is 0 Å². The molecule has 0 spiro atoms. The van der Waals surface area contributed by atoms with Crippen molar-refractivity contribution in [2.45, 2.75) is 277 Å². The first-order valence-corrected chi connectivity index (χ1v) is 27.3. The molecule has 0 aromatic carbocycles. The number of unbranched alkanes of at least 4 members (excludes halogenated alkanes) is 28. The van der Waals surface area contributed by atoms with E-state index in [1.807, 2.05) is 0 Å². The molecule has 0 heterocycles. The van der Waals surface area contributed by atoms with Gasteiger partial charge >= 0.3 is 17.9 Å². The average molecular weight is 895 g/mol. The number of carbonyl (C=O) groups is 3. The summed E-state index contributed by atoms with van der Waals surface area (Å²) in [5, 5.41) is 0. The fraction of sp³-hybridized carbons (Fsp3) is 0.776. The minimum absolute atomic E-state index is 0.0873. The molecule has 0 saturated heterocycles. The highest BCUT2D eigenvalue weighted by Crippen LogP contribution is 2.16. The molecular formula is C58H102O6. The van der Waals surface area contributed by atoms with Crippen molar-refractivity contribution in [3.8, 4) is 0 Å². The summed E-state index contributed by atoms with van der Waals surface area (Å²) in [6.07, 6.45) is 64.9. The smallest absolute Gasteiger partial charge is 0.306 e. The predicted molar refractivity (Wildman–Crippen MR) is 275 cm³/mol. The van der Waals surface area contributed by atoms with Crippen molar-refractivity contribution in [1.29, 1.82) is 0 Å². The van der Waals surface area contributed by atoms with E-state index < -0.39 is 6.10 Å². The van der Waals surface area contributed by atoms with E-state index in [0.29, 0.717) is 19.3 Å². The first-order chi connectivity index (χ1) is 31.5. The number of carbonyl (C=O) groups excluding carboxylic acids is 3. The fourth-order valence-corrected chi connectivity index (χ4v) is 7.66. The second-order valence-electron chi connectivity index (χ2n) is 18.1. The van der Waals surface area contributed by atoms with Gasteiger partial charge in [0.25, 0.3) is 0 Å². The monoisotopic (exact) mass is 895 g/mol. The molecule has 0 N–H and O–H groups in total. The summed E-state index contributed by atoms with van der Waals surface area (Å²) in [5.74, 6) is -0.923. The molecule has 0 aliphatic heterocycles. The second-order valence-corrected chi connectivity index (χ2v) is 18.1. The molecule has 0 fully saturated rings. The molecule has 370 valence electrons. The molecule has 0 bridgehead atoms. The summed E-state index contributed by atoms with van der Waals surface area (Å²) in [4.78, 5) is 38.0. The van der Waals surface area contributed by atoms with E-state index in [4.69, 9.17) is 14.2 Å². The lowest BCUT2D eigenvalue weighted by Gasteiger charge is -2.18. The largest absolute Gasteiger partial charge is 0.462 e. The molecule has 0 aliphatic carbocycles. The Morgan fingerprint density at radius 3 is 1.00 bits per heavy atom. The van der Waals surface area contributed by atoms with E-state index in [-0.39, 0.29) is 31.1 Å². The zero-order valence-corrected chi connectivity index (χ0v) is 42.3. The SMILES string of the molecule is CC/C=C\C/C=C\C/C=C\CCCCCC(=O)OCC(COC(=O)CCCCCCCCCCCCCCCCCCCC)OC(=O)CCCCCCC/C=C\C/C=C\CCCCC. The van der Waals surface area contributed by atoms with Gasteiger partial charge < -0.3 is 14.2 Å². The van der Waals surface area contributed by atoms with Gasteiger partial charge in [-0.25, -0.2) is 0 Å². The van der Waals surface area contributed by atoms with Gasteiger partial charge in [-0.3, -0.25) is 14.4 Å². The van der Waals surface area contributed by atoms with E-state index in [9.17, 15) is 14.4 Å². The minimum Gasteiger partial charge on any atom is -0.462 e. The lowest BCUT2D eigenvalue weighted by atomic mass is 10.0. The Morgan fingerprint density at radius 2 is 0.609 bits per heavy atom. The zero-order valence-electron chi connectivity index (χ0n) is 42.3. The number of rotatable bonds is 49. The van der Waals surface area contributed by atoms with Gasteiger partial charge in [0.1, 0.15) is 13.2 Å². The van der Waals surface area contributed by atoms with Crippen LogP contribution in [0.25, 0.3) is 0 Å². The van der Waals surface area contributed by atoms with E-state index in [2.05, 4.69) is 81.5 Å². The van der Waals surface area contributed by atoms with Crippen LogP contribution in [-0.4, -0.2) is 37.2 Å². The van der Waals surface area contributed by atoms with E-state index in [1.54, 1.807) is 0 Å². The Morgan fingerprint density at radius 1 is 0.328 bits per heavy atom. The molecule has 6 nitrogen and oxygen atoms in total. The van der Waals surface area contributed by atoms with Gasteiger partial charge in [0.05, 0.1) is 0 Å². The number of hydrogen-bond acceptors (Lipinski definition) is 6. The summed E-state index contributed by atoms with van der Waals surface area (Å²) in [6.45, 7) is 6.48. The quantitative estimate of drug-likeness (QED) is 0.0262.